The Morgan fingerprint density at radius 3 is 1.15 bits per heavy atom. The second kappa shape index (κ2) is 16.3. The lowest BCUT2D eigenvalue weighted by atomic mass is 10.1. The first kappa shape index (κ1) is 33.8. The van der Waals surface area contributed by atoms with Gasteiger partial charge in [0.2, 0.25) is 0 Å². The molecule has 0 saturated carbocycles. The second-order valence-electron chi connectivity index (χ2n) is 11.0. The van der Waals surface area contributed by atoms with Crippen LogP contribution in [-0.2, 0) is 13.1 Å². The summed E-state index contributed by atoms with van der Waals surface area (Å²) in [7, 11) is 0. The van der Waals surface area contributed by atoms with Crippen LogP contribution in [0.4, 0.5) is 11.4 Å². The molecule has 1 aliphatic rings. The molecule has 4 aromatic carbocycles. The highest BCUT2D eigenvalue weighted by Gasteiger charge is 2.18. The topological polar surface area (TPSA) is 170 Å². The summed E-state index contributed by atoms with van der Waals surface area (Å²) < 4.78 is 24.5. The Morgan fingerprint density at radius 1 is 0.542 bits per heavy atom. The van der Waals surface area contributed by atoms with Crippen molar-refractivity contribution in [3.05, 3.63) is 116 Å². The molecule has 5 rings (SSSR count). The summed E-state index contributed by atoms with van der Waals surface area (Å²) in [5.74, 6) is 1.99. The number of para-hydroxylation sites is 4. The minimum Gasteiger partial charge on any atom is -0.508 e. The van der Waals surface area contributed by atoms with E-state index in [9.17, 15) is 30.4 Å². The number of rotatable bonds is 6. The van der Waals surface area contributed by atoms with E-state index in [2.05, 4.69) is 0 Å². The number of non-ortho nitro benzene ring substituents is 2. The lowest BCUT2D eigenvalue weighted by Gasteiger charge is -2.25. The Morgan fingerprint density at radius 2 is 0.854 bits per heavy atom. The van der Waals surface area contributed by atoms with Gasteiger partial charge in [-0.15, -0.1) is 0 Å². The predicted molar refractivity (Wildman–Crippen MR) is 175 cm³/mol. The molecule has 0 radical (unpaired) electrons. The Balaban J connectivity index is 1.35. The van der Waals surface area contributed by atoms with E-state index in [1.165, 1.54) is 36.4 Å². The summed E-state index contributed by atoms with van der Waals surface area (Å²) in [6, 6.07) is 22.3. The summed E-state index contributed by atoms with van der Waals surface area (Å²) in [4.78, 5) is 25.7. The number of phenols is 2. The van der Waals surface area contributed by atoms with Crippen molar-refractivity contribution in [2.45, 2.75) is 13.1 Å². The fourth-order valence-electron chi connectivity index (χ4n) is 5.16. The molecule has 0 saturated heterocycles. The normalized spacial score (nSPS) is 15.2. The van der Waals surface area contributed by atoms with Crippen LogP contribution in [0.5, 0.6) is 34.5 Å². The fourth-order valence-corrected chi connectivity index (χ4v) is 5.16. The van der Waals surface area contributed by atoms with Crippen molar-refractivity contribution in [1.29, 1.82) is 0 Å². The van der Waals surface area contributed by atoms with E-state index >= 15 is 0 Å². The molecule has 0 bridgehead atoms. The average Bonchev–Trinajstić information content (AvgIpc) is 3.07. The van der Waals surface area contributed by atoms with E-state index in [4.69, 9.17) is 18.9 Å². The zero-order chi connectivity index (χ0) is 33.9. The summed E-state index contributed by atoms with van der Waals surface area (Å²) in [6.45, 7) is 3.01. The first-order chi connectivity index (χ1) is 23.3. The van der Waals surface area contributed by atoms with Gasteiger partial charge in [-0.3, -0.25) is 30.0 Å². The number of nitro groups is 2. The van der Waals surface area contributed by atoms with Crippen LogP contribution in [-0.4, -0.2) is 82.5 Å². The molecule has 0 fully saturated rings. The molecule has 0 spiro atoms. The molecule has 1 heterocycles. The van der Waals surface area contributed by atoms with Gasteiger partial charge in [0.25, 0.3) is 11.4 Å². The Bertz CT molecular complexity index is 1540. The van der Waals surface area contributed by atoms with Crippen molar-refractivity contribution in [3.8, 4) is 34.5 Å². The molecule has 48 heavy (non-hydrogen) atoms. The molecule has 14 nitrogen and oxygen atoms in total. The molecule has 4 aromatic rings. The quantitative estimate of drug-likeness (QED) is 0.206. The molecule has 252 valence electrons. The monoisotopic (exact) mass is 660 g/mol. The van der Waals surface area contributed by atoms with E-state index in [1.54, 1.807) is 24.3 Å². The van der Waals surface area contributed by atoms with E-state index < -0.39 is 9.85 Å². The van der Waals surface area contributed by atoms with Gasteiger partial charge in [-0.1, -0.05) is 24.3 Å². The van der Waals surface area contributed by atoms with Crippen LogP contribution in [0.3, 0.4) is 0 Å². The lowest BCUT2D eigenvalue weighted by Crippen LogP contribution is -2.33. The number of nitro benzene ring substituents is 2. The van der Waals surface area contributed by atoms with E-state index in [0.717, 1.165) is 0 Å². The standard InChI is InChI=1S/C34H36N4O10/c39-29-11-9-27(37(41)42)21-25(29)23-35-13-17-45-31-5-1-2-6-32(31)46-18-14-36(24-26-22-28(38(43)44)10-12-30(26)40)16-20-48-34-8-4-3-7-33(34)47-19-15-35/h1-12,21-22,39-40H,13-20,23-24H2. The van der Waals surface area contributed by atoms with Gasteiger partial charge in [0.05, 0.1) is 9.85 Å². The minimum atomic E-state index is -0.501. The Kier molecular flexibility index (Phi) is 11.5. The second-order valence-corrected chi connectivity index (χ2v) is 11.0. The van der Waals surface area contributed by atoms with Crippen molar-refractivity contribution < 1.29 is 39.0 Å². The van der Waals surface area contributed by atoms with E-state index in [-0.39, 0.29) is 62.4 Å². The molecule has 0 atom stereocenters. The van der Waals surface area contributed by atoms with Crippen LogP contribution >= 0.6 is 0 Å². The van der Waals surface area contributed by atoms with Crippen molar-refractivity contribution in [3.63, 3.8) is 0 Å². The number of hydrogen-bond donors (Lipinski definition) is 2. The van der Waals surface area contributed by atoms with Gasteiger partial charge in [0.15, 0.2) is 23.0 Å². The lowest BCUT2D eigenvalue weighted by molar-refractivity contribution is -0.385. The SMILES string of the molecule is O=[N+]([O-])c1ccc(O)c(CN2CCOc3ccccc3OCCN(Cc3cc([N+](=O)[O-])ccc3O)CCOc3ccccc3OCC2)c1. The molecule has 14 heteroatoms. The largest absolute Gasteiger partial charge is 0.508 e. The fraction of sp³-hybridized carbons (Fsp3) is 0.294. The maximum atomic E-state index is 11.4. The van der Waals surface area contributed by atoms with Crippen molar-refractivity contribution in [2.24, 2.45) is 0 Å². The summed E-state index contributed by atoms with van der Waals surface area (Å²) in [6.07, 6.45) is 0. The van der Waals surface area contributed by atoms with Gasteiger partial charge in [-0.05, 0) is 36.4 Å². The minimum absolute atomic E-state index is 0.0471. The van der Waals surface area contributed by atoms with Crippen LogP contribution < -0.4 is 18.9 Å². The third-order valence-corrected chi connectivity index (χ3v) is 7.69. The number of aromatic hydroxyl groups is 2. The highest BCUT2D eigenvalue weighted by molar-refractivity contribution is 5.44. The van der Waals surface area contributed by atoms with Crippen molar-refractivity contribution in [1.82, 2.24) is 9.80 Å². The van der Waals surface area contributed by atoms with Crippen LogP contribution in [0, 0.1) is 20.2 Å². The van der Waals surface area contributed by atoms with E-state index in [0.29, 0.717) is 60.3 Å². The molecule has 0 aromatic heterocycles. The van der Waals surface area contributed by atoms with Crippen molar-refractivity contribution in [2.75, 3.05) is 52.6 Å². The molecular formula is C34H36N4O10. The maximum Gasteiger partial charge on any atom is 0.270 e. The summed E-state index contributed by atoms with van der Waals surface area (Å²) >= 11 is 0. The number of nitrogens with zero attached hydrogens (tertiary/aromatic N) is 4. The summed E-state index contributed by atoms with van der Waals surface area (Å²) in [5.41, 5.74) is 0.576. The molecular weight excluding hydrogens is 624 g/mol. The van der Waals surface area contributed by atoms with Gasteiger partial charge in [-0.2, -0.15) is 0 Å². The van der Waals surface area contributed by atoms with Crippen LogP contribution in [0.25, 0.3) is 0 Å². The van der Waals surface area contributed by atoms with Crippen LogP contribution in [0.2, 0.25) is 0 Å². The van der Waals surface area contributed by atoms with Crippen molar-refractivity contribution >= 4 is 11.4 Å². The molecule has 0 unspecified atom stereocenters. The Hall–Kier alpha value is -5.60. The predicted octanol–water partition coefficient (Wildman–Crippen LogP) is 5.15. The number of benzene rings is 4. The molecule has 0 aliphatic carbocycles. The Labute approximate surface area is 276 Å². The van der Waals surface area contributed by atoms with Crippen LogP contribution in [0.1, 0.15) is 11.1 Å². The number of hydrogen-bond acceptors (Lipinski definition) is 12. The van der Waals surface area contributed by atoms with Gasteiger partial charge in [0, 0.05) is 74.7 Å². The number of fused-ring (bicyclic) bond motifs is 2. The molecule has 0 amide bonds. The van der Waals surface area contributed by atoms with Gasteiger partial charge in [-0.25, -0.2) is 0 Å². The first-order valence-corrected chi connectivity index (χ1v) is 15.3. The smallest absolute Gasteiger partial charge is 0.270 e. The number of ether oxygens (including phenoxy) is 4. The zero-order valence-corrected chi connectivity index (χ0v) is 26.1. The molecule has 2 N–H and O–H groups in total. The zero-order valence-electron chi connectivity index (χ0n) is 26.1. The third-order valence-electron chi connectivity index (χ3n) is 7.69. The summed E-state index contributed by atoms with van der Waals surface area (Å²) in [5, 5.41) is 43.6. The van der Waals surface area contributed by atoms with E-state index in [1.807, 2.05) is 34.1 Å². The van der Waals surface area contributed by atoms with Gasteiger partial charge < -0.3 is 29.2 Å². The van der Waals surface area contributed by atoms with Gasteiger partial charge >= 0.3 is 0 Å². The third kappa shape index (κ3) is 9.24. The number of phenolic OH excluding ortho intramolecular Hbond substituents is 2. The van der Waals surface area contributed by atoms with Crippen LogP contribution in [0.15, 0.2) is 84.9 Å². The maximum absolute atomic E-state index is 11.4. The first-order valence-electron chi connectivity index (χ1n) is 15.3. The average molecular weight is 661 g/mol. The van der Waals surface area contributed by atoms with Gasteiger partial charge in [0.1, 0.15) is 37.9 Å². The highest BCUT2D eigenvalue weighted by Crippen LogP contribution is 2.30. The highest BCUT2D eigenvalue weighted by atomic mass is 16.6. The molecule has 1 aliphatic heterocycles.